The third-order valence-electron chi connectivity index (χ3n) is 2.78. The van der Waals surface area contributed by atoms with E-state index < -0.39 is 0 Å². The van der Waals surface area contributed by atoms with E-state index in [1.54, 1.807) is 7.05 Å². The second kappa shape index (κ2) is 3.79. The lowest BCUT2D eigenvalue weighted by atomic mass is 10.0. The Hall–Kier alpha value is -1.13. The molecule has 2 rings (SSSR count). The Kier molecular flexibility index (Phi) is 2.63. The number of rotatable bonds is 3. The molecule has 1 aliphatic carbocycles. The molecule has 1 aromatic carbocycles. The molecule has 0 aromatic heterocycles. The maximum Gasteiger partial charge on any atom is 0.125 e. The monoisotopic (exact) mass is 210 g/mol. The Morgan fingerprint density at radius 1 is 1.53 bits per heavy atom. The van der Waals surface area contributed by atoms with Gasteiger partial charge in [0.05, 0.1) is 12.3 Å². The molecule has 1 saturated carbocycles. The smallest absolute Gasteiger partial charge is 0.125 e. The number of hydrazine groups is 1. The normalized spacial score (nSPS) is 15.5. The quantitative estimate of drug-likeness (QED) is 0.587. The minimum atomic E-state index is -0.290. The van der Waals surface area contributed by atoms with Crippen molar-refractivity contribution in [3.05, 3.63) is 29.1 Å². The highest BCUT2D eigenvalue weighted by molar-refractivity contribution is 5.57. The van der Waals surface area contributed by atoms with E-state index >= 15 is 0 Å². The molecule has 0 radical (unpaired) electrons. The van der Waals surface area contributed by atoms with Crippen molar-refractivity contribution in [2.75, 3.05) is 12.1 Å². The van der Waals surface area contributed by atoms with Crippen LogP contribution in [0.5, 0.6) is 0 Å². The highest BCUT2D eigenvalue weighted by Gasteiger charge is 2.28. The standard InChI is InChI=1S/C11H15FN2O/c1-14(13)11-5-8(12)4-9(7-2-3-7)10(11)6-15/h4-5,7,15H,2-3,6,13H2,1H3. The van der Waals surface area contributed by atoms with Crippen LogP contribution in [-0.2, 0) is 6.61 Å². The first-order valence-electron chi connectivity index (χ1n) is 5.05. The number of nitrogens with zero attached hydrogens (tertiary/aromatic N) is 1. The van der Waals surface area contributed by atoms with Gasteiger partial charge < -0.3 is 10.1 Å². The first-order chi connectivity index (χ1) is 7.13. The molecule has 82 valence electrons. The summed E-state index contributed by atoms with van der Waals surface area (Å²) in [5.74, 6) is 5.72. The molecule has 0 heterocycles. The molecule has 0 aliphatic heterocycles. The molecular formula is C11H15FN2O. The SMILES string of the molecule is CN(N)c1cc(F)cc(C2CC2)c1CO. The summed E-state index contributed by atoms with van der Waals surface area (Å²) in [7, 11) is 1.64. The number of anilines is 1. The zero-order valence-corrected chi connectivity index (χ0v) is 8.70. The average molecular weight is 210 g/mol. The van der Waals surface area contributed by atoms with Crippen molar-refractivity contribution in [2.45, 2.75) is 25.4 Å². The molecule has 1 fully saturated rings. The highest BCUT2D eigenvalue weighted by atomic mass is 19.1. The number of hydrogen-bond donors (Lipinski definition) is 2. The molecule has 0 spiro atoms. The molecule has 0 bridgehead atoms. The van der Waals surface area contributed by atoms with Crippen LogP contribution in [0.3, 0.4) is 0 Å². The van der Waals surface area contributed by atoms with Crippen molar-refractivity contribution in [3.63, 3.8) is 0 Å². The minimum Gasteiger partial charge on any atom is -0.392 e. The van der Waals surface area contributed by atoms with Gasteiger partial charge in [-0.2, -0.15) is 0 Å². The lowest BCUT2D eigenvalue weighted by molar-refractivity contribution is 0.280. The predicted octanol–water partition coefficient (Wildman–Crippen LogP) is 1.51. The van der Waals surface area contributed by atoms with Crippen molar-refractivity contribution in [2.24, 2.45) is 5.84 Å². The second-order valence-corrected chi connectivity index (χ2v) is 4.04. The van der Waals surface area contributed by atoms with Gasteiger partial charge in [0.1, 0.15) is 5.82 Å². The van der Waals surface area contributed by atoms with Crippen LogP contribution in [-0.4, -0.2) is 12.2 Å². The second-order valence-electron chi connectivity index (χ2n) is 4.04. The topological polar surface area (TPSA) is 49.5 Å². The molecule has 1 aliphatic rings. The van der Waals surface area contributed by atoms with Crippen molar-refractivity contribution in [1.29, 1.82) is 0 Å². The van der Waals surface area contributed by atoms with Crippen LogP contribution in [0.4, 0.5) is 10.1 Å². The number of aliphatic hydroxyl groups is 1. The van der Waals surface area contributed by atoms with Gasteiger partial charge >= 0.3 is 0 Å². The summed E-state index contributed by atoms with van der Waals surface area (Å²) in [6, 6.07) is 2.87. The van der Waals surface area contributed by atoms with E-state index in [9.17, 15) is 9.50 Å². The molecule has 4 heteroatoms. The van der Waals surface area contributed by atoms with Gasteiger partial charge in [0.25, 0.3) is 0 Å². The van der Waals surface area contributed by atoms with Crippen LogP contribution in [0.1, 0.15) is 29.9 Å². The van der Waals surface area contributed by atoms with Crippen LogP contribution < -0.4 is 10.9 Å². The Morgan fingerprint density at radius 2 is 2.20 bits per heavy atom. The summed E-state index contributed by atoms with van der Waals surface area (Å²) in [6.45, 7) is -0.0943. The zero-order valence-electron chi connectivity index (χ0n) is 8.70. The molecular weight excluding hydrogens is 195 g/mol. The van der Waals surface area contributed by atoms with Crippen molar-refractivity contribution >= 4 is 5.69 Å². The number of benzene rings is 1. The number of hydrogen-bond acceptors (Lipinski definition) is 3. The van der Waals surface area contributed by atoms with Gasteiger partial charge in [-0.15, -0.1) is 0 Å². The first kappa shape index (κ1) is 10.4. The van der Waals surface area contributed by atoms with E-state index in [4.69, 9.17) is 5.84 Å². The predicted molar refractivity (Wildman–Crippen MR) is 56.9 cm³/mol. The fraction of sp³-hybridized carbons (Fsp3) is 0.455. The molecule has 15 heavy (non-hydrogen) atoms. The average Bonchev–Trinajstić information content (AvgIpc) is 2.99. The summed E-state index contributed by atoms with van der Waals surface area (Å²) in [4.78, 5) is 0. The molecule has 3 N–H and O–H groups in total. The van der Waals surface area contributed by atoms with Gasteiger partial charge in [0.15, 0.2) is 0 Å². The maximum atomic E-state index is 13.3. The lowest BCUT2D eigenvalue weighted by Crippen LogP contribution is -2.27. The largest absolute Gasteiger partial charge is 0.392 e. The Labute approximate surface area is 88.3 Å². The fourth-order valence-electron chi connectivity index (χ4n) is 1.89. The van der Waals surface area contributed by atoms with Gasteiger partial charge in [-0.05, 0) is 36.5 Å². The molecule has 0 saturated heterocycles. The fourth-order valence-corrected chi connectivity index (χ4v) is 1.89. The molecule has 3 nitrogen and oxygen atoms in total. The number of nitrogens with two attached hydrogens (primary N) is 1. The summed E-state index contributed by atoms with van der Waals surface area (Å²) in [5.41, 5.74) is 2.23. The summed E-state index contributed by atoms with van der Waals surface area (Å²) >= 11 is 0. The van der Waals surface area contributed by atoms with E-state index in [2.05, 4.69) is 0 Å². The number of halogens is 1. The van der Waals surface area contributed by atoms with Crippen LogP contribution in [0.2, 0.25) is 0 Å². The van der Waals surface area contributed by atoms with E-state index in [1.807, 2.05) is 0 Å². The molecule has 0 atom stereocenters. The van der Waals surface area contributed by atoms with Crippen LogP contribution in [0, 0.1) is 5.82 Å². The maximum absolute atomic E-state index is 13.3. The van der Waals surface area contributed by atoms with Gasteiger partial charge in [0, 0.05) is 12.6 Å². The zero-order chi connectivity index (χ0) is 11.0. The van der Waals surface area contributed by atoms with Crippen molar-refractivity contribution < 1.29 is 9.50 Å². The van der Waals surface area contributed by atoms with Gasteiger partial charge in [-0.25, -0.2) is 10.2 Å². The van der Waals surface area contributed by atoms with Gasteiger partial charge in [-0.1, -0.05) is 0 Å². The third-order valence-corrected chi connectivity index (χ3v) is 2.78. The Bertz CT molecular complexity index is 352. The summed E-state index contributed by atoms with van der Waals surface area (Å²) in [6.07, 6.45) is 2.15. The van der Waals surface area contributed by atoms with Crippen molar-refractivity contribution in [1.82, 2.24) is 0 Å². The van der Waals surface area contributed by atoms with E-state index in [1.165, 1.54) is 17.1 Å². The lowest BCUT2D eigenvalue weighted by Gasteiger charge is -2.19. The van der Waals surface area contributed by atoms with Crippen LogP contribution >= 0.6 is 0 Å². The van der Waals surface area contributed by atoms with E-state index in [0.29, 0.717) is 11.6 Å². The number of aliphatic hydroxyl groups excluding tert-OH is 1. The van der Waals surface area contributed by atoms with Crippen LogP contribution in [0.25, 0.3) is 0 Å². The molecule has 0 amide bonds. The Morgan fingerprint density at radius 3 is 2.67 bits per heavy atom. The molecule has 0 unspecified atom stereocenters. The van der Waals surface area contributed by atoms with Crippen LogP contribution in [0.15, 0.2) is 12.1 Å². The van der Waals surface area contributed by atoms with Crippen molar-refractivity contribution in [3.8, 4) is 0 Å². The van der Waals surface area contributed by atoms with E-state index in [0.717, 1.165) is 24.0 Å². The highest BCUT2D eigenvalue weighted by Crippen LogP contribution is 2.43. The van der Waals surface area contributed by atoms with Gasteiger partial charge in [0.2, 0.25) is 0 Å². The summed E-state index contributed by atoms with van der Waals surface area (Å²) in [5, 5.41) is 10.7. The minimum absolute atomic E-state index is 0.0943. The first-order valence-corrected chi connectivity index (χ1v) is 5.05. The third kappa shape index (κ3) is 1.96. The van der Waals surface area contributed by atoms with E-state index in [-0.39, 0.29) is 12.4 Å². The molecule has 1 aromatic rings. The van der Waals surface area contributed by atoms with Gasteiger partial charge in [-0.3, -0.25) is 0 Å². The summed E-state index contributed by atoms with van der Waals surface area (Å²) < 4.78 is 13.3. The Balaban J connectivity index is 2.52.